The minimum atomic E-state index is -3.35. The Hall–Kier alpha value is -2.64. The van der Waals surface area contributed by atoms with E-state index in [9.17, 15) is 13.2 Å². The molecule has 0 spiro atoms. The second-order valence-corrected chi connectivity index (χ2v) is 9.50. The van der Waals surface area contributed by atoms with Crippen LogP contribution in [-0.2, 0) is 10.0 Å². The van der Waals surface area contributed by atoms with Gasteiger partial charge in [0.25, 0.3) is 5.91 Å². The molecule has 3 N–H and O–H groups in total. The molecule has 2 aromatic carbocycles. The number of piperidine rings is 1. The molecule has 0 aliphatic carbocycles. The van der Waals surface area contributed by atoms with Gasteiger partial charge >= 0.3 is 0 Å². The summed E-state index contributed by atoms with van der Waals surface area (Å²) in [6.45, 7) is 0.768. The van der Waals surface area contributed by atoms with Crippen LogP contribution in [0.2, 0.25) is 0 Å². The number of primary amides is 1. The van der Waals surface area contributed by atoms with Crippen molar-refractivity contribution < 1.29 is 14.6 Å². The van der Waals surface area contributed by atoms with Crippen molar-refractivity contribution in [2.75, 3.05) is 18.8 Å². The van der Waals surface area contributed by atoms with Crippen molar-refractivity contribution >= 4 is 26.8 Å². The number of benzene rings is 2. The Kier molecular flexibility index (Phi) is 4.85. The predicted molar refractivity (Wildman–Crippen MR) is 115 cm³/mol. The summed E-state index contributed by atoms with van der Waals surface area (Å²) in [5.41, 5.74) is 9.85. The summed E-state index contributed by atoms with van der Waals surface area (Å²) in [7, 11) is -3.35. The summed E-state index contributed by atoms with van der Waals surface area (Å²) in [6, 6.07) is 13.7. The lowest BCUT2D eigenvalue weighted by atomic mass is 9.88. The van der Waals surface area contributed by atoms with Crippen molar-refractivity contribution in [2.24, 2.45) is 5.73 Å². The number of fused-ring (bicyclic) bond motifs is 1. The third kappa shape index (κ3) is 3.68. The molecule has 1 aliphatic rings. The van der Waals surface area contributed by atoms with Crippen molar-refractivity contribution in [3.05, 3.63) is 59.8 Å². The molecular weight excluding hydrogens is 386 g/mol. The summed E-state index contributed by atoms with van der Waals surface area (Å²) in [4.78, 5) is 15.3. The Balaban J connectivity index is 1.69. The van der Waals surface area contributed by atoms with Crippen LogP contribution >= 0.6 is 0 Å². The minimum Gasteiger partial charge on any atom is -0.366 e. The molecule has 1 saturated heterocycles. The van der Waals surface area contributed by atoms with Crippen LogP contribution < -0.4 is 5.73 Å². The maximum atomic E-state index is 12.3. The number of hydrogen-bond donors (Lipinski definition) is 2. The van der Waals surface area contributed by atoms with E-state index in [1.165, 1.54) is 4.31 Å². The first kappa shape index (κ1) is 18.4. The lowest BCUT2D eigenvalue weighted by Crippen LogP contribution is -2.38. The molecule has 1 aliphatic heterocycles. The number of nitrogens with two attached hydrogens (primary N) is 1. The van der Waals surface area contributed by atoms with Crippen molar-refractivity contribution in [3.8, 4) is 11.1 Å². The van der Waals surface area contributed by atoms with Gasteiger partial charge in [0.15, 0.2) is 0 Å². The van der Waals surface area contributed by atoms with Crippen LogP contribution in [0.15, 0.2) is 48.7 Å². The number of rotatable bonds is 5. The van der Waals surface area contributed by atoms with Crippen LogP contribution in [0.4, 0.5) is 0 Å². The van der Waals surface area contributed by atoms with E-state index < -0.39 is 15.9 Å². The van der Waals surface area contributed by atoms with Gasteiger partial charge in [-0.25, -0.2) is 12.7 Å². The van der Waals surface area contributed by atoms with Crippen LogP contribution in [0, 0.1) is 0 Å². The van der Waals surface area contributed by atoms with Gasteiger partial charge in [0.2, 0.25) is 10.0 Å². The average Bonchev–Trinajstić information content (AvgIpc) is 3.17. The number of nitrogens with one attached hydrogen (secondary N) is 1. The Bertz CT molecular complexity index is 1170. The summed E-state index contributed by atoms with van der Waals surface area (Å²) in [5.74, 6) is -0.428. The van der Waals surface area contributed by atoms with E-state index in [0.717, 1.165) is 27.6 Å². The van der Waals surface area contributed by atoms with Crippen LogP contribution in [0.3, 0.4) is 0 Å². The maximum absolute atomic E-state index is 12.3. The number of sulfonamides is 1. The summed E-state index contributed by atoms with van der Waals surface area (Å²) < 4.78 is 33.2. The smallest absolute Gasteiger partial charge is 0.250 e. The lowest BCUT2D eigenvalue weighted by molar-refractivity contribution is 0.100. The Morgan fingerprint density at radius 3 is 2.59 bits per heavy atom. The van der Waals surface area contributed by atoms with E-state index in [1.54, 1.807) is 0 Å². The van der Waals surface area contributed by atoms with Gasteiger partial charge in [-0.3, -0.25) is 4.79 Å². The number of aromatic amines is 1. The van der Waals surface area contributed by atoms with E-state index in [2.05, 4.69) is 11.1 Å². The number of amides is 1. The van der Waals surface area contributed by atoms with Gasteiger partial charge in [0.05, 0.1) is 16.8 Å². The zero-order chi connectivity index (χ0) is 21.3. The molecule has 0 unspecified atom stereocenters. The molecule has 2 heterocycles. The van der Waals surface area contributed by atoms with Crippen LogP contribution in [0.5, 0.6) is 0 Å². The normalized spacial score (nSPS) is 16.8. The minimum absolute atomic E-state index is 0.122. The molecule has 0 atom stereocenters. The van der Waals surface area contributed by atoms with E-state index in [0.29, 0.717) is 31.5 Å². The van der Waals surface area contributed by atoms with Crippen molar-refractivity contribution in [2.45, 2.75) is 25.7 Å². The zero-order valence-corrected chi connectivity index (χ0v) is 16.9. The van der Waals surface area contributed by atoms with Gasteiger partial charge in [-0.2, -0.15) is 0 Å². The SMILES string of the molecule is [3H]CCS(=O)(=O)N1CCC(c2c[nH]c3c(C(N)=O)cc(-c4ccccc4)cc23)CC1. The lowest BCUT2D eigenvalue weighted by Gasteiger charge is -2.31. The number of H-pyrrole nitrogens is 1. The first-order chi connectivity index (χ1) is 14.4. The second-order valence-electron chi connectivity index (χ2n) is 7.41. The molecule has 4 rings (SSSR count). The Morgan fingerprint density at radius 1 is 1.21 bits per heavy atom. The maximum Gasteiger partial charge on any atom is 0.250 e. The molecule has 152 valence electrons. The molecule has 3 aromatic rings. The van der Waals surface area contributed by atoms with Crippen LogP contribution in [0.25, 0.3) is 22.0 Å². The Labute approximate surface area is 172 Å². The zero-order valence-electron chi connectivity index (χ0n) is 17.1. The van der Waals surface area contributed by atoms with Crippen LogP contribution in [-0.4, -0.2) is 42.5 Å². The molecule has 1 fully saturated rings. The van der Waals surface area contributed by atoms with Gasteiger partial charge in [0, 0.05) is 26.0 Å². The molecule has 1 aromatic heterocycles. The largest absolute Gasteiger partial charge is 0.366 e. The first-order valence-corrected chi connectivity index (χ1v) is 11.3. The van der Waals surface area contributed by atoms with Gasteiger partial charge in [-0.15, -0.1) is 0 Å². The molecule has 0 bridgehead atoms. The molecule has 1 amide bonds. The van der Waals surface area contributed by atoms with E-state index >= 15 is 0 Å². The summed E-state index contributed by atoms with van der Waals surface area (Å²) >= 11 is 0. The number of nitrogens with zero attached hydrogens (tertiary/aromatic N) is 1. The van der Waals surface area contributed by atoms with E-state index in [4.69, 9.17) is 7.10 Å². The highest BCUT2D eigenvalue weighted by molar-refractivity contribution is 7.89. The standard InChI is InChI=1S/C22H25N3O3S/c1-2-29(27,28)25-10-8-16(9-11-25)20-14-24-21-18(20)12-17(13-19(21)22(23)26)15-6-4-3-5-7-15/h3-7,12-14,16,24H,2,8-11H2,1H3,(H2,23,26)/i1T. The number of hydrogen-bond acceptors (Lipinski definition) is 3. The fourth-order valence-electron chi connectivity index (χ4n) is 4.16. The molecular formula is C22H25N3O3S. The Morgan fingerprint density at radius 2 is 1.93 bits per heavy atom. The molecule has 29 heavy (non-hydrogen) atoms. The van der Waals surface area contributed by atoms with Crippen molar-refractivity contribution in [1.29, 1.82) is 0 Å². The van der Waals surface area contributed by atoms with E-state index in [-0.39, 0.29) is 18.6 Å². The van der Waals surface area contributed by atoms with Gasteiger partial charge in [-0.1, -0.05) is 30.3 Å². The van der Waals surface area contributed by atoms with Gasteiger partial charge in [0.1, 0.15) is 0 Å². The molecule has 6 nitrogen and oxygen atoms in total. The number of carbonyl (C=O) groups excluding carboxylic acids is 1. The van der Waals surface area contributed by atoms with Gasteiger partial charge in [-0.05, 0) is 54.5 Å². The number of aromatic nitrogens is 1. The quantitative estimate of drug-likeness (QED) is 0.670. The number of carbonyl (C=O) groups is 1. The molecule has 7 heteroatoms. The summed E-state index contributed by atoms with van der Waals surface area (Å²) in [6.07, 6.45) is 3.32. The topological polar surface area (TPSA) is 96.3 Å². The highest BCUT2D eigenvalue weighted by atomic mass is 32.2. The van der Waals surface area contributed by atoms with Gasteiger partial charge < -0.3 is 10.7 Å². The molecule has 0 saturated carbocycles. The van der Waals surface area contributed by atoms with Crippen molar-refractivity contribution in [3.63, 3.8) is 0 Å². The predicted octanol–water partition coefficient (Wildman–Crippen LogP) is 3.46. The fraction of sp³-hybridized carbons (Fsp3) is 0.318. The van der Waals surface area contributed by atoms with E-state index in [1.807, 2.05) is 42.6 Å². The first-order valence-electron chi connectivity index (χ1n) is 10.4. The van der Waals surface area contributed by atoms with Crippen LogP contribution in [0.1, 0.15) is 43.0 Å². The molecule has 0 radical (unpaired) electrons. The highest BCUT2D eigenvalue weighted by Crippen LogP contribution is 2.37. The second kappa shape index (κ2) is 7.65. The average molecular weight is 414 g/mol. The van der Waals surface area contributed by atoms with Crippen molar-refractivity contribution in [1.82, 2.24) is 9.29 Å². The summed E-state index contributed by atoms with van der Waals surface area (Å²) in [5, 5.41) is 0.956. The third-order valence-electron chi connectivity index (χ3n) is 5.74. The fourth-order valence-corrected chi connectivity index (χ4v) is 5.18. The highest BCUT2D eigenvalue weighted by Gasteiger charge is 2.29. The monoisotopic (exact) mass is 413 g/mol. The third-order valence-corrected chi connectivity index (χ3v) is 7.41.